The van der Waals surface area contributed by atoms with Crippen molar-refractivity contribution < 1.29 is 23.4 Å². The Morgan fingerprint density at radius 1 is 1.06 bits per heavy atom. The van der Waals surface area contributed by atoms with E-state index in [1.54, 1.807) is 0 Å². The number of carbonyl (C=O) groups excluding carboxylic acids is 1. The molecule has 0 aromatic carbocycles. The fourth-order valence-electron chi connectivity index (χ4n) is 8.31. The van der Waals surface area contributed by atoms with Crippen molar-refractivity contribution in [2.75, 3.05) is 13.2 Å². The van der Waals surface area contributed by atoms with Crippen molar-refractivity contribution in [2.45, 2.75) is 116 Å². The maximum atomic E-state index is 11.7. The van der Waals surface area contributed by atoms with Gasteiger partial charge in [0.15, 0.2) is 14.1 Å². The first-order valence-corrected chi connectivity index (χ1v) is 16.7. The topological polar surface area (TPSA) is 54.0 Å². The molecule has 192 valence electrons. The molecule has 7 atom stereocenters. The predicted molar refractivity (Wildman–Crippen MR) is 135 cm³/mol. The third kappa shape index (κ3) is 3.77. The van der Waals surface area contributed by atoms with E-state index in [9.17, 15) is 4.79 Å². The minimum atomic E-state index is -1.73. The van der Waals surface area contributed by atoms with Gasteiger partial charge in [0.25, 0.3) is 0 Å². The summed E-state index contributed by atoms with van der Waals surface area (Å²) in [5, 5.41) is 0. The molecule has 1 heterocycles. The largest absolute Gasteiger partial charge is 0.462 e. The summed E-state index contributed by atoms with van der Waals surface area (Å²) >= 11 is 0. The quantitative estimate of drug-likeness (QED) is 0.265. The molecule has 1 saturated heterocycles. The second-order valence-corrected chi connectivity index (χ2v) is 17.8. The summed E-state index contributed by atoms with van der Waals surface area (Å²) in [5.41, 5.74) is 2.33. The van der Waals surface area contributed by atoms with Crippen molar-refractivity contribution in [2.24, 2.45) is 28.6 Å². The Hall–Kier alpha value is -0.693. The van der Waals surface area contributed by atoms with Gasteiger partial charge in [0.2, 0.25) is 0 Å². The Bertz CT molecular complexity index is 846. The number of rotatable bonds is 4. The molecule has 34 heavy (non-hydrogen) atoms. The van der Waals surface area contributed by atoms with Gasteiger partial charge in [-0.25, -0.2) is 0 Å². The first kappa shape index (κ1) is 25.0. The van der Waals surface area contributed by atoms with Gasteiger partial charge in [0, 0.05) is 19.3 Å². The Morgan fingerprint density at radius 2 is 1.76 bits per heavy atom. The van der Waals surface area contributed by atoms with Gasteiger partial charge in [-0.05, 0) is 85.9 Å². The number of hydrogen-bond donors (Lipinski definition) is 0. The summed E-state index contributed by atoms with van der Waals surface area (Å²) in [4.78, 5) is 11.7. The lowest BCUT2D eigenvalue weighted by Crippen LogP contribution is -2.61. The van der Waals surface area contributed by atoms with E-state index >= 15 is 0 Å². The number of hydrogen-bond acceptors (Lipinski definition) is 5. The third-order valence-electron chi connectivity index (χ3n) is 10.9. The van der Waals surface area contributed by atoms with Gasteiger partial charge in [-0.3, -0.25) is 4.79 Å². The van der Waals surface area contributed by atoms with Gasteiger partial charge < -0.3 is 18.6 Å². The molecule has 0 aromatic rings. The minimum Gasteiger partial charge on any atom is -0.462 e. The van der Waals surface area contributed by atoms with Crippen molar-refractivity contribution in [3.05, 3.63) is 11.6 Å². The molecule has 6 heteroatoms. The van der Waals surface area contributed by atoms with Crippen LogP contribution in [0.1, 0.15) is 79.6 Å². The zero-order valence-corrected chi connectivity index (χ0v) is 23.4. The molecule has 1 spiro atoms. The van der Waals surface area contributed by atoms with Crippen molar-refractivity contribution >= 4 is 14.3 Å². The molecular weight excluding hydrogens is 444 g/mol. The molecule has 5 nitrogen and oxygen atoms in total. The summed E-state index contributed by atoms with van der Waals surface area (Å²) in [6, 6.07) is 0. The van der Waals surface area contributed by atoms with Crippen molar-refractivity contribution in [3.8, 4) is 0 Å². The Labute approximate surface area is 207 Å². The summed E-state index contributed by atoms with van der Waals surface area (Å²) in [6.07, 6.45) is 10.3. The number of fused-ring (bicyclic) bond motifs is 6. The number of carbonyl (C=O) groups is 1. The molecule has 4 fully saturated rings. The van der Waals surface area contributed by atoms with E-state index in [0.717, 1.165) is 25.7 Å². The molecule has 0 bridgehead atoms. The highest BCUT2D eigenvalue weighted by molar-refractivity contribution is 6.72. The molecule has 0 aromatic heterocycles. The van der Waals surface area contributed by atoms with Crippen molar-refractivity contribution in [1.82, 2.24) is 0 Å². The Morgan fingerprint density at radius 3 is 2.41 bits per heavy atom. The van der Waals surface area contributed by atoms with Gasteiger partial charge >= 0.3 is 5.97 Å². The monoisotopic (exact) mass is 490 g/mol. The first-order valence-electron chi connectivity index (χ1n) is 13.8. The molecule has 3 saturated carbocycles. The minimum absolute atomic E-state index is 0.0202. The first-order chi connectivity index (χ1) is 15.9. The maximum absolute atomic E-state index is 11.7. The van der Waals surface area contributed by atoms with E-state index in [-0.39, 0.29) is 22.9 Å². The summed E-state index contributed by atoms with van der Waals surface area (Å²) in [6.45, 7) is 17.3. The van der Waals surface area contributed by atoms with Crippen LogP contribution in [-0.2, 0) is 23.4 Å². The number of ether oxygens (including phenoxy) is 3. The number of esters is 1. The van der Waals surface area contributed by atoms with Gasteiger partial charge in [-0.1, -0.05) is 33.3 Å². The Kier molecular flexibility index (Phi) is 6.19. The molecule has 0 radical (unpaired) electrons. The second kappa shape index (κ2) is 8.42. The lowest BCUT2D eigenvalue weighted by atomic mass is 9.46. The van der Waals surface area contributed by atoms with Gasteiger partial charge in [0.1, 0.15) is 6.10 Å². The highest BCUT2D eigenvalue weighted by Crippen LogP contribution is 2.68. The van der Waals surface area contributed by atoms with E-state index in [1.807, 2.05) is 0 Å². The predicted octanol–water partition coefficient (Wildman–Crippen LogP) is 6.23. The van der Waals surface area contributed by atoms with Gasteiger partial charge in [-0.2, -0.15) is 0 Å². The second-order valence-electron chi connectivity index (χ2n) is 13.2. The van der Waals surface area contributed by atoms with Crippen molar-refractivity contribution in [3.63, 3.8) is 0 Å². The molecule has 3 unspecified atom stereocenters. The molecular formula is C28H46O5Si. The van der Waals surface area contributed by atoms with E-state index in [2.05, 4.69) is 46.9 Å². The van der Waals surface area contributed by atoms with Crippen LogP contribution in [0.2, 0.25) is 18.6 Å². The maximum Gasteiger partial charge on any atom is 0.302 e. The average molecular weight is 491 g/mol. The fraction of sp³-hybridized carbons (Fsp3) is 0.893. The van der Waals surface area contributed by atoms with Crippen LogP contribution in [0, 0.1) is 28.6 Å². The Balaban J connectivity index is 1.49. The highest BCUT2D eigenvalue weighted by Gasteiger charge is 2.67. The molecule has 5 aliphatic rings. The van der Waals surface area contributed by atoms with E-state index < -0.39 is 14.1 Å². The average Bonchev–Trinajstić information content (AvgIpc) is 3.34. The van der Waals surface area contributed by atoms with Crippen LogP contribution in [0.4, 0.5) is 0 Å². The van der Waals surface area contributed by atoms with Crippen LogP contribution in [0.15, 0.2) is 11.6 Å². The summed E-state index contributed by atoms with van der Waals surface area (Å²) in [5.74, 6) is 0.654. The van der Waals surface area contributed by atoms with Crippen molar-refractivity contribution in [1.29, 1.82) is 0 Å². The van der Waals surface area contributed by atoms with Crippen LogP contribution in [0.3, 0.4) is 0 Å². The van der Waals surface area contributed by atoms with Gasteiger partial charge in [0.05, 0.1) is 19.3 Å². The van der Waals surface area contributed by atoms with Crippen LogP contribution in [0.25, 0.3) is 0 Å². The van der Waals surface area contributed by atoms with Crippen LogP contribution >= 0.6 is 0 Å². The SMILES string of the molecule is CC(=O)O[C@H]1CC[C@@]2(C)C(=CC3(OCCO3)C3C2CC[C@@]2(C)C3CC[C@@H]2O[Si](C)(C)C(C)C)C1. The lowest BCUT2D eigenvalue weighted by Gasteiger charge is -2.61. The zero-order valence-electron chi connectivity index (χ0n) is 22.4. The fourth-order valence-corrected chi connectivity index (χ4v) is 9.70. The molecule has 5 rings (SSSR count). The van der Waals surface area contributed by atoms with E-state index in [0.29, 0.717) is 42.6 Å². The smallest absolute Gasteiger partial charge is 0.302 e. The summed E-state index contributed by atoms with van der Waals surface area (Å²) < 4.78 is 25.8. The van der Waals surface area contributed by atoms with E-state index in [4.69, 9.17) is 18.6 Å². The lowest BCUT2D eigenvalue weighted by molar-refractivity contribution is -0.233. The third-order valence-corrected chi connectivity index (χ3v) is 14.6. The van der Waals surface area contributed by atoms with Crippen LogP contribution in [-0.4, -0.2) is 45.5 Å². The molecule has 1 aliphatic heterocycles. The summed E-state index contributed by atoms with van der Waals surface area (Å²) in [7, 11) is -1.73. The highest BCUT2D eigenvalue weighted by atomic mass is 28.4. The zero-order chi connectivity index (χ0) is 24.5. The normalized spacial score (nSPS) is 43.3. The van der Waals surface area contributed by atoms with Crippen LogP contribution in [0.5, 0.6) is 0 Å². The van der Waals surface area contributed by atoms with Gasteiger partial charge in [-0.15, -0.1) is 0 Å². The molecule has 0 N–H and O–H groups in total. The van der Waals surface area contributed by atoms with E-state index in [1.165, 1.54) is 31.8 Å². The standard InChI is InChI=1S/C28H46O5Si/c1-18(2)34(6,7)33-24-9-8-22-25-23(11-13-27(22,24)5)26(4)12-10-21(32-19(3)29)16-20(26)17-28(25)30-14-15-31-28/h17-18,21-25H,8-16H2,1-7H3/t21-,22?,23?,24-,25?,26-,27-/m0/s1. The molecule has 4 aliphatic carbocycles. The van der Waals surface area contributed by atoms with Crippen LogP contribution < -0.4 is 0 Å². The molecule has 0 amide bonds.